The van der Waals surface area contributed by atoms with E-state index in [0.29, 0.717) is 29.0 Å². The second-order valence-corrected chi connectivity index (χ2v) is 11.4. The van der Waals surface area contributed by atoms with Crippen LogP contribution in [0.2, 0.25) is 0 Å². The zero-order valence-electron chi connectivity index (χ0n) is 24.0. The van der Waals surface area contributed by atoms with E-state index >= 15 is 0 Å². The van der Waals surface area contributed by atoms with Gasteiger partial charge in [-0.1, -0.05) is 44.7 Å². The summed E-state index contributed by atoms with van der Waals surface area (Å²) in [7, 11) is 0. The molecule has 1 aliphatic heterocycles. The Morgan fingerprint density at radius 1 is 0.857 bits per heavy atom. The minimum absolute atomic E-state index is 0. The number of ketones is 1. The van der Waals surface area contributed by atoms with Crippen molar-refractivity contribution >= 4 is 11.7 Å². The van der Waals surface area contributed by atoms with Crippen LogP contribution in [0.25, 0.3) is 11.1 Å². The van der Waals surface area contributed by atoms with E-state index in [1.807, 2.05) is 58.9 Å². The second kappa shape index (κ2) is 13.0. The molecule has 2 aliphatic rings. The van der Waals surface area contributed by atoms with Gasteiger partial charge in [0.1, 0.15) is 5.78 Å². The highest BCUT2D eigenvalue weighted by molar-refractivity contribution is 5.95. The van der Waals surface area contributed by atoms with E-state index in [2.05, 4.69) is 0 Å². The summed E-state index contributed by atoms with van der Waals surface area (Å²) in [6.45, 7) is 10.00. The van der Waals surface area contributed by atoms with Crippen molar-refractivity contribution in [2.24, 2.45) is 5.41 Å². The van der Waals surface area contributed by atoms with E-state index in [-0.39, 0.29) is 37.6 Å². The molecule has 5 rings (SSSR count). The summed E-state index contributed by atoms with van der Waals surface area (Å²) < 4.78 is 50.7. The number of rotatable bonds is 7. The third kappa shape index (κ3) is 7.72. The molecule has 1 amide bonds. The molecule has 0 radical (unpaired) electrons. The Morgan fingerprint density at radius 2 is 1.40 bits per heavy atom. The molecular weight excluding hydrogens is 543 g/mol. The fraction of sp³-hybridized carbons (Fsp3) is 0.412. The van der Waals surface area contributed by atoms with Crippen LogP contribution in [0.15, 0.2) is 66.7 Å². The Balaban J connectivity index is 0.000000407. The van der Waals surface area contributed by atoms with Gasteiger partial charge in [0, 0.05) is 29.5 Å². The maximum Gasteiger partial charge on any atom is 0.416 e. The van der Waals surface area contributed by atoms with Crippen molar-refractivity contribution < 1.29 is 32.2 Å². The summed E-state index contributed by atoms with van der Waals surface area (Å²) in [6, 6.07) is 18.1. The van der Waals surface area contributed by atoms with Crippen LogP contribution in [0.1, 0.15) is 76.4 Å². The van der Waals surface area contributed by atoms with Gasteiger partial charge in [0.2, 0.25) is 6.79 Å². The highest BCUT2D eigenvalue weighted by Crippen LogP contribution is 2.46. The predicted octanol–water partition coefficient (Wildman–Crippen LogP) is 8.59. The van der Waals surface area contributed by atoms with Crippen molar-refractivity contribution in [2.45, 2.75) is 79.6 Å². The molecule has 1 saturated carbocycles. The third-order valence-electron chi connectivity index (χ3n) is 7.45. The van der Waals surface area contributed by atoms with Crippen LogP contribution in [0, 0.1) is 5.41 Å². The van der Waals surface area contributed by atoms with Gasteiger partial charge < -0.3 is 14.4 Å². The van der Waals surface area contributed by atoms with E-state index in [4.69, 9.17) is 9.47 Å². The van der Waals surface area contributed by atoms with Crippen LogP contribution in [0.3, 0.4) is 0 Å². The first-order chi connectivity index (χ1) is 19.3. The van der Waals surface area contributed by atoms with Crippen molar-refractivity contribution in [3.05, 3.63) is 83.4 Å². The Labute approximate surface area is 246 Å². The topological polar surface area (TPSA) is 55.8 Å². The fourth-order valence-electron chi connectivity index (χ4n) is 4.85. The summed E-state index contributed by atoms with van der Waals surface area (Å²) in [5.41, 5.74) is 0.630. The second-order valence-electron chi connectivity index (χ2n) is 11.4. The van der Waals surface area contributed by atoms with Gasteiger partial charge in [-0.2, -0.15) is 13.2 Å². The number of para-hydroxylation sites is 2. The number of alkyl halides is 3. The highest BCUT2D eigenvalue weighted by Gasteiger charge is 2.44. The summed E-state index contributed by atoms with van der Waals surface area (Å²) in [6.07, 6.45) is -2.95. The van der Waals surface area contributed by atoms with Crippen LogP contribution in [-0.2, 0) is 17.4 Å². The van der Waals surface area contributed by atoms with Gasteiger partial charge >= 0.3 is 6.18 Å². The SMILES string of the molecule is C.CC(C)N(C(=O)c1ccc(-c2cc(CC(=O)C3(C)CC3)cc(C(F)(F)F)c2)cc1)C(C)C.c1ccc2c(c1)OCO2. The molecule has 0 unspecified atom stereocenters. The lowest BCUT2D eigenvalue weighted by molar-refractivity contribution is -0.137. The lowest BCUT2D eigenvalue weighted by atomic mass is 9.93. The molecular formula is C34H40F3NO4. The number of halogens is 3. The van der Waals surface area contributed by atoms with Gasteiger partial charge in [-0.05, 0) is 93.6 Å². The first-order valence-corrected chi connectivity index (χ1v) is 13.8. The minimum atomic E-state index is -4.51. The van der Waals surface area contributed by atoms with Crippen LogP contribution < -0.4 is 9.47 Å². The standard InChI is InChI=1S/C26H30F3NO2.C7H6O2.CH4/c1-16(2)30(17(3)4)24(32)20-8-6-19(7-9-20)21-12-18(13-22(15-21)26(27,28)29)14-23(31)25(5)10-11-25;1-2-4-7-6(3-1)8-5-9-7;/h6-9,12-13,15-17H,10-11,14H2,1-5H3;1-4H,5H2;1H4. The molecule has 0 atom stereocenters. The molecule has 1 fully saturated rings. The molecule has 3 aromatic carbocycles. The summed E-state index contributed by atoms with van der Waals surface area (Å²) in [5, 5.41) is 0. The molecule has 226 valence electrons. The van der Waals surface area contributed by atoms with Crippen LogP contribution in [0.5, 0.6) is 11.5 Å². The van der Waals surface area contributed by atoms with Crippen LogP contribution >= 0.6 is 0 Å². The lowest BCUT2D eigenvalue weighted by Crippen LogP contribution is -2.42. The van der Waals surface area contributed by atoms with E-state index in [0.717, 1.165) is 36.5 Å². The molecule has 5 nitrogen and oxygen atoms in total. The number of carbonyl (C=O) groups is 2. The number of benzene rings is 3. The Hall–Kier alpha value is -3.81. The zero-order chi connectivity index (χ0) is 29.9. The van der Waals surface area contributed by atoms with Gasteiger partial charge in [-0.25, -0.2) is 0 Å². The number of hydrogen-bond acceptors (Lipinski definition) is 4. The van der Waals surface area contributed by atoms with Gasteiger partial charge in [-0.15, -0.1) is 0 Å². The van der Waals surface area contributed by atoms with Crippen molar-refractivity contribution in [1.29, 1.82) is 0 Å². The smallest absolute Gasteiger partial charge is 0.416 e. The predicted molar refractivity (Wildman–Crippen MR) is 159 cm³/mol. The first-order valence-electron chi connectivity index (χ1n) is 13.8. The lowest BCUT2D eigenvalue weighted by Gasteiger charge is -2.30. The Morgan fingerprint density at radius 3 is 1.88 bits per heavy atom. The normalized spacial score (nSPS) is 14.5. The van der Waals surface area contributed by atoms with Gasteiger partial charge in [0.15, 0.2) is 11.5 Å². The molecule has 0 bridgehead atoms. The van der Waals surface area contributed by atoms with Gasteiger partial charge in [0.25, 0.3) is 5.91 Å². The quantitative estimate of drug-likeness (QED) is 0.280. The average molecular weight is 584 g/mol. The molecule has 3 aromatic rings. The molecule has 0 spiro atoms. The average Bonchev–Trinajstić information content (AvgIpc) is 3.49. The number of amides is 1. The fourth-order valence-corrected chi connectivity index (χ4v) is 4.85. The molecule has 42 heavy (non-hydrogen) atoms. The monoisotopic (exact) mass is 583 g/mol. The molecule has 8 heteroatoms. The maximum atomic E-state index is 13.5. The number of nitrogens with zero attached hydrogens (tertiary/aromatic N) is 1. The maximum absolute atomic E-state index is 13.5. The number of carbonyl (C=O) groups excluding carboxylic acids is 2. The number of Topliss-reactive ketones (excluding diaryl/α,β-unsaturated/α-hetero) is 1. The molecule has 0 aromatic heterocycles. The van der Waals surface area contributed by atoms with E-state index in [1.54, 1.807) is 35.2 Å². The Bertz CT molecular complexity index is 1360. The number of hydrogen-bond donors (Lipinski definition) is 0. The summed E-state index contributed by atoms with van der Waals surface area (Å²) in [5.74, 6) is 1.55. The van der Waals surface area contributed by atoms with Crippen LogP contribution in [0.4, 0.5) is 13.2 Å². The minimum Gasteiger partial charge on any atom is -0.454 e. The van der Waals surface area contributed by atoms with Crippen molar-refractivity contribution in [3.8, 4) is 22.6 Å². The van der Waals surface area contributed by atoms with Crippen molar-refractivity contribution in [2.75, 3.05) is 6.79 Å². The summed E-state index contributed by atoms with van der Waals surface area (Å²) >= 11 is 0. The molecule has 1 aliphatic carbocycles. The van der Waals surface area contributed by atoms with E-state index < -0.39 is 17.2 Å². The molecule has 0 N–H and O–H groups in total. The van der Waals surface area contributed by atoms with Crippen LogP contribution in [-0.4, -0.2) is 35.5 Å². The molecule has 1 heterocycles. The van der Waals surface area contributed by atoms with Crippen molar-refractivity contribution in [1.82, 2.24) is 4.90 Å². The van der Waals surface area contributed by atoms with Gasteiger partial charge in [0.05, 0.1) is 5.56 Å². The largest absolute Gasteiger partial charge is 0.454 e. The van der Waals surface area contributed by atoms with Crippen molar-refractivity contribution in [3.63, 3.8) is 0 Å². The Kier molecular flexibility index (Phi) is 10.1. The highest BCUT2D eigenvalue weighted by atomic mass is 19.4. The van der Waals surface area contributed by atoms with E-state index in [1.165, 1.54) is 0 Å². The first kappa shape index (κ1) is 32.7. The number of fused-ring (bicyclic) bond motifs is 1. The van der Waals surface area contributed by atoms with Gasteiger partial charge in [-0.3, -0.25) is 9.59 Å². The zero-order valence-corrected chi connectivity index (χ0v) is 24.0. The third-order valence-corrected chi connectivity index (χ3v) is 7.45. The van der Waals surface area contributed by atoms with E-state index in [9.17, 15) is 22.8 Å². The summed E-state index contributed by atoms with van der Waals surface area (Å²) in [4.78, 5) is 27.1. The number of ether oxygens (including phenoxy) is 2. The molecule has 0 saturated heterocycles.